The number of nitrogens with zero attached hydrogens (tertiary/aromatic N) is 2. The van der Waals surface area contributed by atoms with Gasteiger partial charge in [0.1, 0.15) is 17.0 Å². The van der Waals surface area contributed by atoms with Crippen molar-refractivity contribution in [3.05, 3.63) is 35.3 Å². The van der Waals surface area contributed by atoms with Crippen LogP contribution in [0.3, 0.4) is 0 Å². The Balaban J connectivity index is 2.11. The van der Waals surface area contributed by atoms with Crippen LogP contribution in [-0.2, 0) is 4.79 Å². The maximum Gasteiger partial charge on any atom is 0.250 e. The number of methoxy groups -OCH3 is 2. The van der Waals surface area contributed by atoms with E-state index < -0.39 is 0 Å². The van der Waals surface area contributed by atoms with Crippen LogP contribution < -0.4 is 14.8 Å². The number of anilines is 1. The van der Waals surface area contributed by atoms with Gasteiger partial charge in [-0.2, -0.15) is 0 Å². The highest BCUT2D eigenvalue weighted by Crippen LogP contribution is 2.25. The molecule has 1 aromatic heterocycles. The molecule has 0 atom stereocenters. The van der Waals surface area contributed by atoms with Gasteiger partial charge in [0.15, 0.2) is 0 Å². The van der Waals surface area contributed by atoms with E-state index in [-0.39, 0.29) is 5.91 Å². The molecule has 1 heterocycles. The summed E-state index contributed by atoms with van der Waals surface area (Å²) in [4.78, 5) is 11.7. The molecule has 2 rings (SSSR count). The lowest BCUT2D eigenvalue weighted by Crippen LogP contribution is -2.07. The third kappa shape index (κ3) is 3.55. The number of nitrogens with one attached hydrogen (secondary N) is 1. The molecule has 0 unspecified atom stereocenters. The van der Waals surface area contributed by atoms with Crippen molar-refractivity contribution in [1.29, 1.82) is 0 Å². The Morgan fingerprint density at radius 3 is 2.85 bits per heavy atom. The first-order chi connectivity index (χ1) is 9.72. The summed E-state index contributed by atoms with van der Waals surface area (Å²) in [6.07, 6.45) is 3.05. The fourth-order valence-corrected chi connectivity index (χ4v) is 1.96. The van der Waals surface area contributed by atoms with Gasteiger partial charge in [-0.25, -0.2) is 0 Å². The molecule has 0 aliphatic rings. The second-order valence-electron chi connectivity index (χ2n) is 3.67. The Kier molecular flexibility index (Phi) is 4.67. The molecule has 2 aromatic rings. The van der Waals surface area contributed by atoms with Gasteiger partial charge >= 0.3 is 0 Å². The molecule has 6 nitrogen and oxygen atoms in total. The lowest BCUT2D eigenvalue weighted by Gasteiger charge is -2.07. The van der Waals surface area contributed by atoms with Crippen LogP contribution in [0.5, 0.6) is 11.5 Å². The van der Waals surface area contributed by atoms with Crippen molar-refractivity contribution < 1.29 is 14.3 Å². The van der Waals surface area contributed by atoms with Crippen molar-refractivity contribution in [1.82, 2.24) is 10.2 Å². The lowest BCUT2D eigenvalue weighted by atomic mass is 10.1. The van der Waals surface area contributed by atoms with Crippen LogP contribution in [0.15, 0.2) is 29.8 Å². The molecule has 0 radical (unpaired) electrons. The Morgan fingerprint density at radius 2 is 2.20 bits per heavy atom. The van der Waals surface area contributed by atoms with Gasteiger partial charge in [0.2, 0.25) is 11.0 Å². The highest BCUT2D eigenvalue weighted by atomic mass is 32.1. The summed E-state index contributed by atoms with van der Waals surface area (Å²) in [5, 5.41) is 10.4. The number of aromatic nitrogens is 2. The van der Waals surface area contributed by atoms with Crippen molar-refractivity contribution in [3.8, 4) is 11.5 Å². The third-order valence-electron chi connectivity index (χ3n) is 2.44. The van der Waals surface area contributed by atoms with Crippen molar-refractivity contribution in [2.24, 2.45) is 0 Å². The van der Waals surface area contributed by atoms with Gasteiger partial charge in [0, 0.05) is 11.6 Å². The van der Waals surface area contributed by atoms with Gasteiger partial charge < -0.3 is 9.47 Å². The number of hydrogen-bond donors (Lipinski definition) is 1. The van der Waals surface area contributed by atoms with Gasteiger partial charge in [-0.1, -0.05) is 11.3 Å². The van der Waals surface area contributed by atoms with Crippen LogP contribution in [0.2, 0.25) is 0 Å². The van der Waals surface area contributed by atoms with Crippen molar-refractivity contribution in [2.45, 2.75) is 0 Å². The van der Waals surface area contributed by atoms with Gasteiger partial charge in [-0.05, 0) is 24.3 Å². The molecule has 7 heteroatoms. The first-order valence-corrected chi connectivity index (χ1v) is 6.58. The summed E-state index contributed by atoms with van der Waals surface area (Å²) in [6, 6.07) is 5.35. The fourth-order valence-electron chi connectivity index (χ4n) is 1.51. The predicted molar refractivity (Wildman–Crippen MR) is 77.1 cm³/mol. The van der Waals surface area contributed by atoms with Gasteiger partial charge in [-0.3, -0.25) is 10.1 Å². The first-order valence-electron chi connectivity index (χ1n) is 5.70. The lowest BCUT2D eigenvalue weighted by molar-refractivity contribution is -0.111. The van der Waals surface area contributed by atoms with Crippen LogP contribution in [-0.4, -0.2) is 30.3 Å². The number of ether oxygens (including phenoxy) is 2. The van der Waals surface area contributed by atoms with Crippen LogP contribution in [0.25, 0.3) is 6.08 Å². The number of amides is 1. The zero-order chi connectivity index (χ0) is 14.4. The normalized spacial score (nSPS) is 10.5. The van der Waals surface area contributed by atoms with E-state index in [1.807, 2.05) is 0 Å². The molecular weight excluding hydrogens is 278 g/mol. The summed E-state index contributed by atoms with van der Waals surface area (Å²) in [6.45, 7) is 0. The van der Waals surface area contributed by atoms with Gasteiger partial charge in [0.05, 0.1) is 14.2 Å². The minimum Gasteiger partial charge on any atom is -0.497 e. The molecule has 104 valence electrons. The zero-order valence-electron chi connectivity index (χ0n) is 11.0. The fraction of sp³-hybridized carbons (Fsp3) is 0.154. The molecule has 1 aromatic carbocycles. The highest BCUT2D eigenvalue weighted by Gasteiger charge is 2.04. The Labute approximate surface area is 120 Å². The standard InChI is InChI=1S/C13H13N3O3S/c1-18-10-4-5-11(19-2)9(7-10)3-6-12(17)15-13-16-14-8-20-13/h3-8H,1-2H3,(H,15,16,17)/b6-3+. The van der Waals surface area contributed by atoms with E-state index in [0.717, 1.165) is 5.56 Å². The molecule has 1 amide bonds. The second kappa shape index (κ2) is 6.67. The van der Waals surface area contributed by atoms with E-state index in [1.54, 1.807) is 44.0 Å². The minimum atomic E-state index is -0.286. The molecular formula is C13H13N3O3S. The van der Waals surface area contributed by atoms with Gasteiger partial charge in [0.25, 0.3) is 0 Å². The van der Waals surface area contributed by atoms with E-state index in [0.29, 0.717) is 16.6 Å². The summed E-state index contributed by atoms with van der Waals surface area (Å²) >= 11 is 1.25. The third-order valence-corrected chi connectivity index (χ3v) is 3.05. The topological polar surface area (TPSA) is 73.3 Å². The molecule has 0 bridgehead atoms. The average molecular weight is 291 g/mol. The number of carbonyl (C=O) groups excluding carboxylic acids is 1. The van der Waals surface area contributed by atoms with Crippen molar-refractivity contribution in [3.63, 3.8) is 0 Å². The summed E-state index contributed by atoms with van der Waals surface area (Å²) in [7, 11) is 3.15. The summed E-state index contributed by atoms with van der Waals surface area (Å²) in [5.41, 5.74) is 2.30. The van der Waals surface area contributed by atoms with Crippen LogP contribution in [0.4, 0.5) is 5.13 Å². The van der Waals surface area contributed by atoms with Crippen molar-refractivity contribution in [2.75, 3.05) is 19.5 Å². The van der Waals surface area contributed by atoms with Crippen molar-refractivity contribution >= 4 is 28.5 Å². The minimum absolute atomic E-state index is 0.286. The van der Waals surface area contributed by atoms with E-state index >= 15 is 0 Å². The van der Waals surface area contributed by atoms with E-state index in [2.05, 4.69) is 15.5 Å². The Morgan fingerprint density at radius 1 is 1.35 bits per heavy atom. The molecule has 20 heavy (non-hydrogen) atoms. The summed E-state index contributed by atoms with van der Waals surface area (Å²) in [5.74, 6) is 1.06. The first kappa shape index (κ1) is 14.0. The quantitative estimate of drug-likeness (QED) is 0.855. The Hall–Kier alpha value is -2.41. The molecule has 0 fully saturated rings. The molecule has 0 spiro atoms. The number of rotatable bonds is 5. The van der Waals surface area contributed by atoms with Crippen LogP contribution in [0.1, 0.15) is 5.56 Å². The smallest absolute Gasteiger partial charge is 0.250 e. The maximum atomic E-state index is 11.7. The molecule has 0 aliphatic carbocycles. The monoisotopic (exact) mass is 291 g/mol. The molecule has 0 saturated carbocycles. The molecule has 1 N–H and O–H groups in total. The molecule has 0 saturated heterocycles. The highest BCUT2D eigenvalue weighted by molar-refractivity contribution is 7.13. The summed E-state index contributed by atoms with van der Waals surface area (Å²) < 4.78 is 10.4. The number of carbonyl (C=O) groups is 1. The molecule has 0 aliphatic heterocycles. The van der Waals surface area contributed by atoms with Crippen LogP contribution >= 0.6 is 11.3 Å². The maximum absolute atomic E-state index is 11.7. The zero-order valence-corrected chi connectivity index (χ0v) is 11.8. The Bertz CT molecular complexity index is 611. The van der Waals surface area contributed by atoms with Crippen LogP contribution in [0, 0.1) is 0 Å². The number of hydrogen-bond acceptors (Lipinski definition) is 6. The SMILES string of the molecule is COc1ccc(OC)c(/C=C/C(=O)Nc2nncs2)c1. The van der Waals surface area contributed by atoms with E-state index in [9.17, 15) is 4.79 Å². The second-order valence-corrected chi connectivity index (χ2v) is 4.51. The average Bonchev–Trinajstić information content (AvgIpc) is 2.97. The largest absolute Gasteiger partial charge is 0.497 e. The van der Waals surface area contributed by atoms with E-state index in [4.69, 9.17) is 9.47 Å². The van der Waals surface area contributed by atoms with E-state index in [1.165, 1.54) is 17.4 Å². The predicted octanol–water partition coefficient (Wildman–Crippen LogP) is 2.21. The number of benzene rings is 1. The van der Waals surface area contributed by atoms with Gasteiger partial charge in [-0.15, -0.1) is 10.2 Å².